The summed E-state index contributed by atoms with van der Waals surface area (Å²) in [7, 11) is 0. The Morgan fingerprint density at radius 2 is 1.69 bits per heavy atom. The average molecular weight is 403 g/mol. The van der Waals surface area contributed by atoms with Gasteiger partial charge in [0.25, 0.3) is 0 Å². The molecule has 1 atom stereocenters. The van der Waals surface area contributed by atoms with E-state index in [9.17, 15) is 9.59 Å². The summed E-state index contributed by atoms with van der Waals surface area (Å²) in [5.41, 5.74) is 8.12. The number of nitrogens with zero attached hydrogens (tertiary/aromatic N) is 2. The number of piperazine rings is 1. The third-order valence-electron chi connectivity index (χ3n) is 4.70. The summed E-state index contributed by atoms with van der Waals surface area (Å²) >= 11 is 0. The number of benzene rings is 1. The standard InChI is InChI=1S/C18H26N4O2.2ClH/c1-13-2-4-14(5-3-13)17(19)18(24)22-10-8-21(9-11-22)12-16(23)20-15-6-7-15;;/h2-5,15,17H,6-12,19H2,1H3,(H,20,23);2*1H. The van der Waals surface area contributed by atoms with Crippen molar-refractivity contribution in [3.05, 3.63) is 35.4 Å². The van der Waals surface area contributed by atoms with Crippen molar-refractivity contribution in [2.75, 3.05) is 32.7 Å². The van der Waals surface area contributed by atoms with Gasteiger partial charge in [0.2, 0.25) is 11.8 Å². The second kappa shape index (κ2) is 10.1. The quantitative estimate of drug-likeness (QED) is 0.776. The van der Waals surface area contributed by atoms with Gasteiger partial charge in [-0.05, 0) is 25.3 Å². The summed E-state index contributed by atoms with van der Waals surface area (Å²) in [5.74, 6) is 0.0505. The van der Waals surface area contributed by atoms with E-state index in [2.05, 4.69) is 10.2 Å². The molecule has 3 rings (SSSR count). The fraction of sp³-hybridized carbons (Fsp3) is 0.556. The molecular formula is C18H28Cl2N4O2. The average Bonchev–Trinajstić information content (AvgIpc) is 3.39. The van der Waals surface area contributed by atoms with E-state index in [-0.39, 0.29) is 36.6 Å². The second-order valence-electron chi connectivity index (χ2n) is 6.83. The van der Waals surface area contributed by atoms with Gasteiger partial charge in [0, 0.05) is 32.2 Å². The highest BCUT2D eigenvalue weighted by Gasteiger charge is 2.28. The molecule has 8 heteroatoms. The van der Waals surface area contributed by atoms with E-state index in [1.807, 2.05) is 31.2 Å². The molecule has 1 saturated heterocycles. The number of nitrogens with one attached hydrogen (secondary N) is 1. The maximum atomic E-state index is 12.6. The molecular weight excluding hydrogens is 375 g/mol. The highest BCUT2D eigenvalue weighted by atomic mass is 35.5. The molecule has 146 valence electrons. The van der Waals surface area contributed by atoms with Gasteiger partial charge in [-0.15, -0.1) is 24.8 Å². The number of aryl methyl sites for hydroxylation is 1. The molecule has 1 saturated carbocycles. The Hall–Kier alpha value is -1.34. The largest absolute Gasteiger partial charge is 0.352 e. The lowest BCUT2D eigenvalue weighted by atomic mass is 10.0. The van der Waals surface area contributed by atoms with Crippen LogP contribution >= 0.6 is 24.8 Å². The number of hydrogen-bond acceptors (Lipinski definition) is 4. The summed E-state index contributed by atoms with van der Waals surface area (Å²) < 4.78 is 0. The summed E-state index contributed by atoms with van der Waals surface area (Å²) in [4.78, 5) is 28.3. The summed E-state index contributed by atoms with van der Waals surface area (Å²) in [6.45, 7) is 5.09. The van der Waals surface area contributed by atoms with Gasteiger partial charge in [0.05, 0.1) is 6.54 Å². The molecule has 1 aliphatic carbocycles. The Kier molecular flexibility index (Phi) is 8.83. The molecule has 2 amide bonds. The van der Waals surface area contributed by atoms with Gasteiger partial charge >= 0.3 is 0 Å². The molecule has 1 aromatic rings. The zero-order valence-electron chi connectivity index (χ0n) is 15.0. The molecule has 26 heavy (non-hydrogen) atoms. The third kappa shape index (κ3) is 6.13. The first-order chi connectivity index (χ1) is 11.5. The predicted octanol–water partition coefficient (Wildman–Crippen LogP) is 1.26. The number of amides is 2. The maximum absolute atomic E-state index is 12.6. The van der Waals surface area contributed by atoms with Crippen LogP contribution in [-0.2, 0) is 9.59 Å². The van der Waals surface area contributed by atoms with Gasteiger partial charge in [0.15, 0.2) is 0 Å². The van der Waals surface area contributed by atoms with Crippen LogP contribution in [0.15, 0.2) is 24.3 Å². The van der Waals surface area contributed by atoms with Crippen LogP contribution < -0.4 is 11.1 Å². The first-order valence-electron chi connectivity index (χ1n) is 8.65. The molecule has 1 heterocycles. The molecule has 1 aromatic carbocycles. The lowest BCUT2D eigenvalue weighted by Gasteiger charge is -2.35. The summed E-state index contributed by atoms with van der Waals surface area (Å²) in [6.07, 6.45) is 2.20. The van der Waals surface area contributed by atoms with Crippen molar-refractivity contribution >= 4 is 36.6 Å². The van der Waals surface area contributed by atoms with Gasteiger partial charge in [-0.25, -0.2) is 0 Å². The molecule has 3 N–H and O–H groups in total. The maximum Gasteiger partial charge on any atom is 0.244 e. The predicted molar refractivity (Wildman–Crippen MR) is 107 cm³/mol. The Labute approximate surface area is 167 Å². The molecule has 1 aliphatic heterocycles. The summed E-state index contributed by atoms with van der Waals surface area (Å²) in [6, 6.07) is 7.55. The van der Waals surface area contributed by atoms with Crippen LogP contribution in [0.5, 0.6) is 0 Å². The normalized spacial score (nSPS) is 18.3. The van der Waals surface area contributed by atoms with Crippen LogP contribution in [-0.4, -0.2) is 60.4 Å². The Morgan fingerprint density at radius 1 is 1.12 bits per heavy atom. The van der Waals surface area contributed by atoms with E-state index in [1.54, 1.807) is 4.90 Å². The van der Waals surface area contributed by atoms with Crippen molar-refractivity contribution in [2.45, 2.75) is 31.8 Å². The molecule has 2 aliphatic rings. The van der Waals surface area contributed by atoms with Crippen molar-refractivity contribution in [1.29, 1.82) is 0 Å². The zero-order chi connectivity index (χ0) is 17.1. The van der Waals surface area contributed by atoms with Crippen molar-refractivity contribution < 1.29 is 9.59 Å². The molecule has 1 unspecified atom stereocenters. The van der Waals surface area contributed by atoms with E-state index in [1.165, 1.54) is 0 Å². The van der Waals surface area contributed by atoms with Crippen LogP contribution in [0.3, 0.4) is 0 Å². The highest BCUT2D eigenvalue weighted by molar-refractivity contribution is 5.85. The number of rotatable bonds is 5. The van der Waals surface area contributed by atoms with Gasteiger partial charge in [-0.3, -0.25) is 14.5 Å². The SMILES string of the molecule is Cc1ccc(C(N)C(=O)N2CCN(CC(=O)NC3CC3)CC2)cc1.Cl.Cl. The molecule has 0 aromatic heterocycles. The molecule has 6 nitrogen and oxygen atoms in total. The second-order valence-corrected chi connectivity index (χ2v) is 6.83. The van der Waals surface area contributed by atoms with Crippen LogP contribution in [0.2, 0.25) is 0 Å². The van der Waals surface area contributed by atoms with E-state index >= 15 is 0 Å². The molecule has 2 fully saturated rings. The number of carbonyl (C=O) groups is 2. The van der Waals surface area contributed by atoms with Crippen molar-refractivity contribution in [3.63, 3.8) is 0 Å². The lowest BCUT2D eigenvalue weighted by molar-refractivity contribution is -0.134. The minimum absolute atomic E-state index is 0. The van der Waals surface area contributed by atoms with Gasteiger partial charge < -0.3 is 16.0 Å². The summed E-state index contributed by atoms with van der Waals surface area (Å²) in [5, 5.41) is 3.00. The van der Waals surface area contributed by atoms with E-state index in [0.29, 0.717) is 38.8 Å². The molecule has 0 bridgehead atoms. The number of nitrogens with two attached hydrogens (primary N) is 1. The number of halogens is 2. The van der Waals surface area contributed by atoms with Crippen molar-refractivity contribution in [1.82, 2.24) is 15.1 Å². The minimum Gasteiger partial charge on any atom is -0.352 e. The van der Waals surface area contributed by atoms with Crippen LogP contribution in [0.1, 0.15) is 30.0 Å². The molecule has 0 spiro atoms. The fourth-order valence-corrected chi connectivity index (χ4v) is 2.94. The lowest BCUT2D eigenvalue weighted by Crippen LogP contribution is -2.52. The van der Waals surface area contributed by atoms with Gasteiger partial charge in [-0.2, -0.15) is 0 Å². The van der Waals surface area contributed by atoms with Gasteiger partial charge in [0.1, 0.15) is 6.04 Å². The Morgan fingerprint density at radius 3 is 2.23 bits per heavy atom. The number of carbonyl (C=O) groups excluding carboxylic acids is 2. The van der Waals surface area contributed by atoms with Crippen LogP contribution in [0, 0.1) is 6.92 Å². The number of hydrogen-bond donors (Lipinski definition) is 2. The van der Waals surface area contributed by atoms with E-state index < -0.39 is 6.04 Å². The zero-order valence-corrected chi connectivity index (χ0v) is 16.7. The first-order valence-corrected chi connectivity index (χ1v) is 8.65. The fourth-order valence-electron chi connectivity index (χ4n) is 2.94. The topological polar surface area (TPSA) is 78.7 Å². The Balaban J connectivity index is 0.00000169. The van der Waals surface area contributed by atoms with Crippen molar-refractivity contribution in [2.24, 2.45) is 5.73 Å². The minimum atomic E-state index is -0.615. The van der Waals surface area contributed by atoms with E-state index in [0.717, 1.165) is 24.0 Å². The smallest absolute Gasteiger partial charge is 0.244 e. The monoisotopic (exact) mass is 402 g/mol. The Bertz CT molecular complexity index is 600. The van der Waals surface area contributed by atoms with E-state index in [4.69, 9.17) is 5.73 Å². The van der Waals surface area contributed by atoms with Crippen LogP contribution in [0.4, 0.5) is 0 Å². The van der Waals surface area contributed by atoms with Crippen LogP contribution in [0.25, 0.3) is 0 Å². The first kappa shape index (κ1) is 22.7. The highest BCUT2D eigenvalue weighted by Crippen LogP contribution is 2.18. The van der Waals surface area contributed by atoms with Crippen molar-refractivity contribution in [3.8, 4) is 0 Å². The van der Waals surface area contributed by atoms with Gasteiger partial charge in [-0.1, -0.05) is 29.8 Å². The third-order valence-corrected chi connectivity index (χ3v) is 4.70. The molecule has 0 radical (unpaired) electrons.